The molecule has 0 saturated carbocycles. The molecular weight excluding hydrogens is 425 g/mol. The predicted molar refractivity (Wildman–Crippen MR) is 115 cm³/mol. The summed E-state index contributed by atoms with van der Waals surface area (Å²) in [5, 5.41) is 21.0. The lowest BCUT2D eigenvalue weighted by molar-refractivity contribution is -0.117. The summed E-state index contributed by atoms with van der Waals surface area (Å²) in [6, 6.07) is 14.0. The zero-order valence-corrected chi connectivity index (χ0v) is 17.7. The van der Waals surface area contributed by atoms with E-state index in [2.05, 4.69) is 15.5 Å². The van der Waals surface area contributed by atoms with Crippen molar-refractivity contribution in [3.8, 4) is 17.5 Å². The van der Waals surface area contributed by atoms with Crippen molar-refractivity contribution in [3.05, 3.63) is 64.0 Å². The van der Waals surface area contributed by atoms with Gasteiger partial charge in [0.1, 0.15) is 6.07 Å². The minimum absolute atomic E-state index is 0.0923. The Morgan fingerprint density at radius 3 is 2.77 bits per heavy atom. The van der Waals surface area contributed by atoms with E-state index in [1.807, 2.05) is 30.0 Å². The predicted octanol–water partition coefficient (Wildman–Crippen LogP) is 4.77. The molecular formula is C21H19Cl2N5O2. The SMILES string of the molecule is CCCN(CC(=O)Nc1cc(Cl)ccc1C#N)Cc1nnc(-c2ccccc2Cl)o1. The number of nitrogens with one attached hydrogen (secondary N) is 1. The second kappa shape index (κ2) is 10.2. The van der Waals surface area contributed by atoms with Crippen molar-refractivity contribution in [2.45, 2.75) is 19.9 Å². The van der Waals surface area contributed by atoms with Gasteiger partial charge < -0.3 is 9.73 Å². The number of nitrogens with zero attached hydrogens (tertiary/aromatic N) is 4. The first-order valence-corrected chi connectivity index (χ1v) is 10.0. The molecule has 0 aliphatic carbocycles. The van der Waals surface area contributed by atoms with Crippen LogP contribution in [-0.2, 0) is 11.3 Å². The van der Waals surface area contributed by atoms with Crippen molar-refractivity contribution in [2.24, 2.45) is 0 Å². The van der Waals surface area contributed by atoms with Gasteiger partial charge in [-0.1, -0.05) is 42.3 Å². The molecule has 0 radical (unpaired) electrons. The van der Waals surface area contributed by atoms with Crippen molar-refractivity contribution < 1.29 is 9.21 Å². The van der Waals surface area contributed by atoms with Gasteiger partial charge in [-0.15, -0.1) is 10.2 Å². The Bertz CT molecular complexity index is 1080. The molecule has 0 spiro atoms. The van der Waals surface area contributed by atoms with E-state index in [-0.39, 0.29) is 12.5 Å². The highest BCUT2D eigenvalue weighted by atomic mass is 35.5. The average molecular weight is 444 g/mol. The Morgan fingerprint density at radius 1 is 1.23 bits per heavy atom. The molecule has 154 valence electrons. The summed E-state index contributed by atoms with van der Waals surface area (Å²) in [5.41, 5.74) is 1.38. The molecule has 1 amide bonds. The van der Waals surface area contributed by atoms with Gasteiger partial charge in [0, 0.05) is 5.02 Å². The molecule has 1 heterocycles. The van der Waals surface area contributed by atoms with Crippen LogP contribution in [0.2, 0.25) is 10.0 Å². The molecule has 0 saturated heterocycles. The molecule has 0 unspecified atom stereocenters. The van der Waals surface area contributed by atoms with Gasteiger partial charge in [-0.25, -0.2) is 0 Å². The number of carbonyl (C=O) groups excluding carboxylic acids is 1. The fraction of sp³-hybridized carbons (Fsp3) is 0.238. The summed E-state index contributed by atoms with van der Waals surface area (Å²) in [6.45, 7) is 3.06. The van der Waals surface area contributed by atoms with E-state index < -0.39 is 0 Å². The molecule has 0 atom stereocenters. The van der Waals surface area contributed by atoms with Crippen LogP contribution >= 0.6 is 23.2 Å². The molecule has 30 heavy (non-hydrogen) atoms. The number of amides is 1. The van der Waals surface area contributed by atoms with Gasteiger partial charge >= 0.3 is 0 Å². The van der Waals surface area contributed by atoms with Crippen LogP contribution in [0.5, 0.6) is 0 Å². The lowest BCUT2D eigenvalue weighted by Crippen LogP contribution is -2.33. The lowest BCUT2D eigenvalue weighted by atomic mass is 10.2. The fourth-order valence-electron chi connectivity index (χ4n) is 2.89. The molecule has 0 aliphatic rings. The number of carbonyl (C=O) groups is 1. The van der Waals surface area contributed by atoms with Crippen LogP contribution in [0.4, 0.5) is 5.69 Å². The second-order valence-electron chi connectivity index (χ2n) is 6.54. The summed E-state index contributed by atoms with van der Waals surface area (Å²) in [7, 11) is 0. The highest BCUT2D eigenvalue weighted by Gasteiger charge is 2.17. The third kappa shape index (κ3) is 5.57. The summed E-state index contributed by atoms with van der Waals surface area (Å²) in [6.07, 6.45) is 0.833. The summed E-state index contributed by atoms with van der Waals surface area (Å²) < 4.78 is 5.74. The molecule has 1 aromatic heterocycles. The van der Waals surface area contributed by atoms with Crippen LogP contribution in [0.25, 0.3) is 11.5 Å². The minimum Gasteiger partial charge on any atom is -0.419 e. The van der Waals surface area contributed by atoms with Gasteiger partial charge in [-0.2, -0.15) is 5.26 Å². The Hall–Kier alpha value is -2.92. The van der Waals surface area contributed by atoms with E-state index in [1.54, 1.807) is 30.3 Å². The first-order valence-electron chi connectivity index (χ1n) is 9.29. The second-order valence-corrected chi connectivity index (χ2v) is 7.38. The summed E-state index contributed by atoms with van der Waals surface area (Å²) in [5.74, 6) is 0.439. The Morgan fingerprint density at radius 2 is 2.03 bits per heavy atom. The maximum Gasteiger partial charge on any atom is 0.249 e. The lowest BCUT2D eigenvalue weighted by Gasteiger charge is -2.19. The highest BCUT2D eigenvalue weighted by Crippen LogP contribution is 2.26. The van der Waals surface area contributed by atoms with Gasteiger partial charge in [-0.3, -0.25) is 9.69 Å². The van der Waals surface area contributed by atoms with Crippen molar-refractivity contribution >= 4 is 34.8 Å². The molecule has 9 heteroatoms. The zero-order chi connectivity index (χ0) is 21.5. The highest BCUT2D eigenvalue weighted by molar-refractivity contribution is 6.33. The average Bonchev–Trinajstić information content (AvgIpc) is 3.17. The first-order chi connectivity index (χ1) is 14.5. The summed E-state index contributed by atoms with van der Waals surface area (Å²) >= 11 is 12.2. The van der Waals surface area contributed by atoms with Crippen molar-refractivity contribution in [3.63, 3.8) is 0 Å². The van der Waals surface area contributed by atoms with Gasteiger partial charge in [-0.05, 0) is 43.3 Å². The fourth-order valence-corrected chi connectivity index (χ4v) is 3.28. The topological polar surface area (TPSA) is 95.1 Å². The van der Waals surface area contributed by atoms with Crippen molar-refractivity contribution in [1.29, 1.82) is 5.26 Å². The van der Waals surface area contributed by atoms with Crippen LogP contribution < -0.4 is 5.32 Å². The maximum absolute atomic E-state index is 12.5. The van der Waals surface area contributed by atoms with Crippen molar-refractivity contribution in [2.75, 3.05) is 18.4 Å². The van der Waals surface area contributed by atoms with Gasteiger partial charge in [0.15, 0.2) is 0 Å². The van der Waals surface area contributed by atoms with E-state index in [0.29, 0.717) is 51.7 Å². The van der Waals surface area contributed by atoms with E-state index in [4.69, 9.17) is 27.6 Å². The maximum atomic E-state index is 12.5. The number of benzene rings is 2. The number of hydrogen-bond donors (Lipinski definition) is 1. The number of rotatable bonds is 8. The number of halogens is 2. The van der Waals surface area contributed by atoms with Crippen LogP contribution in [0.15, 0.2) is 46.9 Å². The van der Waals surface area contributed by atoms with Crippen molar-refractivity contribution in [1.82, 2.24) is 15.1 Å². The Balaban J connectivity index is 1.68. The molecule has 0 bridgehead atoms. The zero-order valence-electron chi connectivity index (χ0n) is 16.2. The molecule has 1 N–H and O–H groups in total. The van der Waals surface area contributed by atoms with Gasteiger partial charge in [0.2, 0.25) is 17.7 Å². The first kappa shape index (κ1) is 21.8. The third-order valence-electron chi connectivity index (χ3n) is 4.21. The normalized spacial score (nSPS) is 10.8. The largest absolute Gasteiger partial charge is 0.419 e. The monoisotopic (exact) mass is 443 g/mol. The molecule has 7 nitrogen and oxygen atoms in total. The molecule has 3 aromatic rings. The molecule has 2 aromatic carbocycles. The van der Waals surface area contributed by atoms with Crippen LogP contribution in [0.1, 0.15) is 24.8 Å². The molecule has 0 fully saturated rings. The van der Waals surface area contributed by atoms with E-state index in [1.165, 1.54) is 0 Å². The third-order valence-corrected chi connectivity index (χ3v) is 4.78. The molecule has 0 aliphatic heterocycles. The van der Waals surface area contributed by atoms with Gasteiger partial charge in [0.25, 0.3) is 0 Å². The standard InChI is InChI=1S/C21H19Cl2N5O2/c1-2-9-28(12-19(29)25-18-10-15(22)8-7-14(18)11-24)13-20-26-27-21(30-20)16-5-3-4-6-17(16)23/h3-8,10H,2,9,12-13H2,1H3,(H,25,29). The number of anilines is 1. The minimum atomic E-state index is -0.270. The molecule has 3 rings (SSSR count). The van der Waals surface area contributed by atoms with Gasteiger partial charge in [0.05, 0.1) is 34.9 Å². The summed E-state index contributed by atoms with van der Waals surface area (Å²) in [4.78, 5) is 14.4. The van der Waals surface area contributed by atoms with Crippen LogP contribution in [0.3, 0.4) is 0 Å². The smallest absolute Gasteiger partial charge is 0.249 e. The number of aromatic nitrogens is 2. The van der Waals surface area contributed by atoms with E-state index >= 15 is 0 Å². The Labute approximate surface area is 184 Å². The Kier molecular flexibility index (Phi) is 7.41. The number of hydrogen-bond acceptors (Lipinski definition) is 6. The quantitative estimate of drug-likeness (QED) is 0.538. The number of nitriles is 1. The van der Waals surface area contributed by atoms with Crippen LogP contribution in [0, 0.1) is 11.3 Å². The van der Waals surface area contributed by atoms with E-state index in [9.17, 15) is 10.1 Å². The van der Waals surface area contributed by atoms with Crippen LogP contribution in [-0.4, -0.2) is 34.1 Å². The van der Waals surface area contributed by atoms with E-state index in [0.717, 1.165) is 6.42 Å².